The Morgan fingerprint density at radius 3 is 2.15 bits per heavy atom. The molecule has 0 aliphatic carbocycles. The summed E-state index contributed by atoms with van der Waals surface area (Å²) in [4.78, 5) is 76.2. The van der Waals surface area contributed by atoms with Crippen molar-refractivity contribution in [3.8, 4) is 0 Å². The number of hydrogen-bond acceptors (Lipinski definition) is 10. The van der Waals surface area contributed by atoms with Gasteiger partial charge in [0.2, 0.25) is 29.5 Å². The third-order valence-corrected chi connectivity index (χ3v) is 11.0. The standard InChI is InChI=1S/C45H62N8O6S/c1-28(2)19-37(40(54)24-41(55)50-38(20-29(3)4)44(58)51-36(42(47)56)16-7-8-17-46)52-45(59)39(23-34-26-60-27-49-34)53-43(57)33(21-30-11-10-18-48-25-30)22-32-14-9-13-31-12-5-6-15-35(31)32/h5-6,9-15,18,25-29,33,36-40,54H,7-8,16-17,19-24,46H2,1-4H3,(H2,47,56)(H,50,55)(H,51,58)(H,52,59)(H,53,57)/t33?,36-,37-,38-,39?,40-/m0/s1. The van der Waals surface area contributed by atoms with Crippen molar-refractivity contribution < 1.29 is 29.1 Å². The van der Waals surface area contributed by atoms with Crippen LogP contribution in [0.2, 0.25) is 0 Å². The molecular formula is C45H62N8O6S. The molecule has 0 saturated carbocycles. The molecule has 0 spiro atoms. The van der Waals surface area contributed by atoms with Gasteiger partial charge in [0.05, 0.1) is 29.8 Å². The number of rotatable bonds is 25. The van der Waals surface area contributed by atoms with Gasteiger partial charge in [-0.3, -0.25) is 29.0 Å². The Morgan fingerprint density at radius 1 is 0.767 bits per heavy atom. The fourth-order valence-corrected chi connectivity index (χ4v) is 7.86. The molecule has 6 atom stereocenters. The number of benzene rings is 2. The van der Waals surface area contributed by atoms with Crippen LogP contribution in [0.15, 0.2) is 77.9 Å². The van der Waals surface area contributed by atoms with E-state index in [2.05, 4.69) is 31.2 Å². The SMILES string of the molecule is CC(C)C[C@H](NC(=O)C[C@H](O)[C@H](CC(C)C)NC(=O)C(Cc1cscn1)NC(=O)C(Cc1cccnc1)Cc1cccc2ccccc12)C(=O)N[C@@H](CCCCN)C(N)=O. The largest absolute Gasteiger partial charge is 0.390 e. The van der Waals surface area contributed by atoms with Gasteiger partial charge in [-0.1, -0.05) is 76.2 Å². The van der Waals surface area contributed by atoms with E-state index in [4.69, 9.17) is 11.5 Å². The molecule has 0 aliphatic heterocycles. The molecule has 0 saturated heterocycles. The Bertz CT molecular complexity index is 1970. The molecule has 14 nitrogen and oxygen atoms in total. The first-order valence-corrected chi connectivity index (χ1v) is 21.8. The molecule has 5 amide bonds. The molecular weight excluding hydrogens is 781 g/mol. The van der Waals surface area contributed by atoms with E-state index >= 15 is 0 Å². The van der Waals surface area contributed by atoms with Crippen LogP contribution < -0.4 is 32.7 Å². The van der Waals surface area contributed by atoms with Gasteiger partial charge in [-0.25, -0.2) is 4.98 Å². The van der Waals surface area contributed by atoms with Gasteiger partial charge in [0.15, 0.2) is 0 Å². The molecule has 0 bridgehead atoms. The Kier molecular flexibility index (Phi) is 19.1. The number of unbranched alkanes of at least 4 members (excludes halogenated alkanes) is 1. The van der Waals surface area contributed by atoms with Crippen LogP contribution >= 0.6 is 11.3 Å². The van der Waals surface area contributed by atoms with Gasteiger partial charge in [-0.2, -0.15) is 0 Å². The lowest BCUT2D eigenvalue weighted by molar-refractivity contribution is -0.133. The fourth-order valence-electron chi connectivity index (χ4n) is 7.29. The van der Waals surface area contributed by atoms with Gasteiger partial charge in [0.25, 0.3) is 0 Å². The van der Waals surface area contributed by atoms with E-state index in [1.165, 1.54) is 11.3 Å². The van der Waals surface area contributed by atoms with E-state index in [1.54, 1.807) is 17.9 Å². The van der Waals surface area contributed by atoms with Crippen LogP contribution in [-0.4, -0.2) is 81.4 Å². The van der Waals surface area contributed by atoms with Crippen molar-refractivity contribution in [2.75, 3.05) is 6.54 Å². The number of fused-ring (bicyclic) bond motifs is 1. The van der Waals surface area contributed by atoms with Crippen molar-refractivity contribution in [3.63, 3.8) is 0 Å². The molecule has 0 aliphatic rings. The normalized spacial score (nSPS) is 14.5. The monoisotopic (exact) mass is 842 g/mol. The summed E-state index contributed by atoms with van der Waals surface area (Å²) in [7, 11) is 0. The predicted molar refractivity (Wildman–Crippen MR) is 234 cm³/mol. The third-order valence-electron chi connectivity index (χ3n) is 10.3. The predicted octanol–water partition coefficient (Wildman–Crippen LogP) is 3.73. The van der Waals surface area contributed by atoms with Gasteiger partial charge in [0, 0.05) is 30.1 Å². The molecule has 2 unspecified atom stereocenters. The molecule has 4 rings (SSSR count). The minimum Gasteiger partial charge on any atom is -0.390 e. The average Bonchev–Trinajstić information content (AvgIpc) is 3.72. The second-order valence-corrected chi connectivity index (χ2v) is 17.1. The van der Waals surface area contributed by atoms with Crippen LogP contribution in [0, 0.1) is 17.8 Å². The Hall–Kier alpha value is -5.25. The second kappa shape index (κ2) is 24.1. The van der Waals surface area contributed by atoms with E-state index < -0.39 is 66.2 Å². The number of pyridine rings is 1. The molecule has 324 valence electrons. The number of hydrogen-bond donors (Lipinski definition) is 7. The third kappa shape index (κ3) is 15.4. The first-order valence-electron chi connectivity index (χ1n) is 20.8. The maximum Gasteiger partial charge on any atom is 0.243 e. The highest BCUT2D eigenvalue weighted by atomic mass is 32.1. The molecule has 2 heterocycles. The van der Waals surface area contributed by atoms with E-state index in [0.717, 1.165) is 21.9 Å². The number of aromatic nitrogens is 2. The van der Waals surface area contributed by atoms with Crippen molar-refractivity contribution in [3.05, 3.63) is 94.7 Å². The lowest BCUT2D eigenvalue weighted by Crippen LogP contribution is -2.56. The highest BCUT2D eigenvalue weighted by Gasteiger charge is 2.33. The Labute approximate surface area is 357 Å². The quantitative estimate of drug-likeness (QED) is 0.0482. The molecule has 15 heteroatoms. The summed E-state index contributed by atoms with van der Waals surface area (Å²) in [5.41, 5.74) is 15.3. The number of primary amides is 1. The minimum absolute atomic E-state index is 0.00377. The maximum absolute atomic E-state index is 14.4. The van der Waals surface area contributed by atoms with E-state index in [9.17, 15) is 29.1 Å². The Balaban J connectivity index is 1.52. The lowest BCUT2D eigenvalue weighted by atomic mass is 9.89. The maximum atomic E-state index is 14.4. The number of thiazole rings is 1. The fraction of sp³-hybridized carbons (Fsp3) is 0.489. The number of aliphatic hydroxyl groups excluding tert-OH is 1. The number of amides is 5. The summed E-state index contributed by atoms with van der Waals surface area (Å²) < 4.78 is 0. The van der Waals surface area contributed by atoms with E-state index in [0.29, 0.717) is 50.8 Å². The summed E-state index contributed by atoms with van der Waals surface area (Å²) in [5.74, 6) is -3.26. The van der Waals surface area contributed by atoms with Gasteiger partial charge in [-0.15, -0.1) is 11.3 Å². The lowest BCUT2D eigenvalue weighted by Gasteiger charge is -2.29. The molecule has 0 radical (unpaired) electrons. The van der Waals surface area contributed by atoms with Gasteiger partial charge < -0.3 is 37.8 Å². The van der Waals surface area contributed by atoms with Crippen molar-refractivity contribution in [1.82, 2.24) is 31.2 Å². The van der Waals surface area contributed by atoms with Crippen LogP contribution in [0.1, 0.15) is 83.0 Å². The van der Waals surface area contributed by atoms with Crippen LogP contribution in [-0.2, 0) is 43.2 Å². The smallest absolute Gasteiger partial charge is 0.243 e. The number of nitrogens with zero attached hydrogens (tertiary/aromatic N) is 2. The number of aliphatic hydroxyl groups is 1. The topological polar surface area (TPSA) is 232 Å². The molecule has 2 aromatic heterocycles. The van der Waals surface area contributed by atoms with Gasteiger partial charge in [0.1, 0.15) is 18.1 Å². The van der Waals surface area contributed by atoms with Gasteiger partial charge in [-0.05, 0) is 91.3 Å². The highest BCUT2D eigenvalue weighted by Crippen LogP contribution is 2.24. The van der Waals surface area contributed by atoms with Crippen LogP contribution in [0.4, 0.5) is 0 Å². The summed E-state index contributed by atoms with van der Waals surface area (Å²) in [5, 5.41) is 26.8. The van der Waals surface area contributed by atoms with Crippen molar-refractivity contribution in [2.45, 2.75) is 116 Å². The summed E-state index contributed by atoms with van der Waals surface area (Å²) in [6, 6.07) is 13.9. The summed E-state index contributed by atoms with van der Waals surface area (Å²) in [6.45, 7) is 8.10. The van der Waals surface area contributed by atoms with Crippen LogP contribution in [0.25, 0.3) is 10.8 Å². The van der Waals surface area contributed by atoms with E-state index in [-0.39, 0.29) is 30.6 Å². The molecule has 0 fully saturated rings. The number of nitrogens with one attached hydrogen (secondary N) is 4. The molecule has 4 aromatic rings. The first kappa shape index (κ1) is 47.4. The summed E-state index contributed by atoms with van der Waals surface area (Å²) in [6.07, 6.45) is 4.70. The highest BCUT2D eigenvalue weighted by molar-refractivity contribution is 7.07. The number of carbonyl (C=O) groups is 5. The van der Waals surface area contributed by atoms with E-state index in [1.807, 2.05) is 87.7 Å². The average molecular weight is 843 g/mol. The van der Waals surface area contributed by atoms with Crippen LogP contribution in [0.5, 0.6) is 0 Å². The summed E-state index contributed by atoms with van der Waals surface area (Å²) >= 11 is 1.37. The van der Waals surface area contributed by atoms with Crippen LogP contribution in [0.3, 0.4) is 0 Å². The zero-order valence-electron chi connectivity index (χ0n) is 35.1. The van der Waals surface area contributed by atoms with Crippen molar-refractivity contribution >= 4 is 51.6 Å². The van der Waals surface area contributed by atoms with Gasteiger partial charge >= 0.3 is 0 Å². The number of carbonyl (C=O) groups excluding carboxylic acids is 5. The van der Waals surface area contributed by atoms with Crippen molar-refractivity contribution in [1.29, 1.82) is 0 Å². The first-order chi connectivity index (χ1) is 28.7. The molecule has 2 aromatic carbocycles. The molecule has 60 heavy (non-hydrogen) atoms. The second-order valence-electron chi connectivity index (χ2n) is 16.4. The number of nitrogens with two attached hydrogens (primary N) is 2. The van der Waals surface area contributed by atoms with Crippen molar-refractivity contribution in [2.24, 2.45) is 29.2 Å². The Morgan fingerprint density at radius 2 is 1.48 bits per heavy atom. The zero-order chi connectivity index (χ0) is 43.6. The molecule has 9 N–H and O–H groups in total. The zero-order valence-corrected chi connectivity index (χ0v) is 36.0. The minimum atomic E-state index is -1.34.